The fourth-order valence-electron chi connectivity index (χ4n) is 4.28. The summed E-state index contributed by atoms with van der Waals surface area (Å²) in [5, 5.41) is 11.4. The molecule has 2 aromatic carbocycles. The maximum absolute atomic E-state index is 13.2. The zero-order valence-corrected chi connectivity index (χ0v) is 21.1. The Kier molecular flexibility index (Phi) is 7.51. The van der Waals surface area contributed by atoms with E-state index in [-0.39, 0.29) is 29.4 Å². The van der Waals surface area contributed by atoms with Crippen molar-refractivity contribution in [1.82, 2.24) is 4.90 Å². The number of nitrogens with zero attached hydrogens (tertiary/aromatic N) is 1. The van der Waals surface area contributed by atoms with Gasteiger partial charge in [0, 0.05) is 17.7 Å². The van der Waals surface area contributed by atoms with Crippen LogP contribution < -0.4 is 4.74 Å². The van der Waals surface area contributed by atoms with Gasteiger partial charge in [-0.3, -0.25) is 9.59 Å². The minimum absolute atomic E-state index is 0.00404. The van der Waals surface area contributed by atoms with Gasteiger partial charge in [-0.05, 0) is 49.9 Å². The molecule has 182 valence electrons. The average Bonchev–Trinajstić information content (AvgIpc) is 3.02. The number of methoxy groups -OCH3 is 1. The van der Waals surface area contributed by atoms with E-state index in [1.807, 2.05) is 51.1 Å². The molecule has 2 aromatic rings. The molecule has 0 aliphatic carbocycles. The number of hydrogen-bond donors (Lipinski definition) is 1. The van der Waals surface area contributed by atoms with E-state index in [0.29, 0.717) is 17.9 Å². The number of amides is 1. The van der Waals surface area contributed by atoms with Crippen molar-refractivity contribution in [2.24, 2.45) is 0 Å². The molecule has 34 heavy (non-hydrogen) atoms. The molecule has 1 amide bonds. The van der Waals surface area contributed by atoms with Crippen LogP contribution in [-0.2, 0) is 19.7 Å². The fourth-order valence-corrected chi connectivity index (χ4v) is 4.28. The maximum atomic E-state index is 13.2. The molecule has 1 fully saturated rings. The Balaban J connectivity index is 2.17. The molecule has 1 N–H and O–H groups in total. The van der Waals surface area contributed by atoms with E-state index < -0.39 is 17.7 Å². The van der Waals surface area contributed by atoms with E-state index in [9.17, 15) is 14.7 Å². The van der Waals surface area contributed by atoms with Gasteiger partial charge in [0.2, 0.25) is 0 Å². The number of hydrogen-bond acceptors (Lipinski definition) is 5. The summed E-state index contributed by atoms with van der Waals surface area (Å²) in [6.07, 6.45) is 0.00404. The second-order valence-corrected chi connectivity index (χ2v) is 9.99. The Morgan fingerprint density at radius 2 is 1.82 bits per heavy atom. The molecule has 0 bridgehead atoms. The number of ketones is 1. The van der Waals surface area contributed by atoms with Gasteiger partial charge in [-0.2, -0.15) is 0 Å². The second kappa shape index (κ2) is 10.0. The summed E-state index contributed by atoms with van der Waals surface area (Å²) >= 11 is 0. The number of Topliss-reactive ketones (excluding diaryl/α,β-unsaturated/α-hetero) is 1. The molecule has 0 aromatic heterocycles. The van der Waals surface area contributed by atoms with Crippen LogP contribution in [-0.4, -0.2) is 48.1 Å². The number of ether oxygens (including phenoxy) is 2. The molecule has 1 heterocycles. The number of benzene rings is 2. The molecule has 1 unspecified atom stereocenters. The van der Waals surface area contributed by atoms with Gasteiger partial charge in [0.05, 0.1) is 31.4 Å². The van der Waals surface area contributed by atoms with E-state index in [0.717, 1.165) is 16.7 Å². The maximum Gasteiger partial charge on any atom is 0.295 e. The molecular formula is C28H35NO5. The number of aliphatic hydroxyl groups excluding tert-OH is 1. The largest absolute Gasteiger partial charge is 0.507 e. The monoisotopic (exact) mass is 465 g/mol. The Labute approximate surface area is 202 Å². The minimum Gasteiger partial charge on any atom is -0.507 e. The third-order valence-electron chi connectivity index (χ3n) is 5.96. The van der Waals surface area contributed by atoms with Crippen molar-refractivity contribution in [3.05, 3.63) is 70.3 Å². The highest BCUT2D eigenvalue weighted by molar-refractivity contribution is 6.46. The lowest BCUT2D eigenvalue weighted by atomic mass is 9.84. The van der Waals surface area contributed by atoms with Crippen molar-refractivity contribution in [2.45, 2.75) is 59.1 Å². The Morgan fingerprint density at radius 1 is 1.12 bits per heavy atom. The normalized spacial score (nSPS) is 18.1. The van der Waals surface area contributed by atoms with Crippen LogP contribution in [0.5, 0.6) is 5.75 Å². The first kappa shape index (κ1) is 25.5. The van der Waals surface area contributed by atoms with Crippen molar-refractivity contribution in [2.75, 3.05) is 20.3 Å². The summed E-state index contributed by atoms with van der Waals surface area (Å²) in [5.41, 5.74) is 2.98. The Bertz CT molecular complexity index is 1110. The van der Waals surface area contributed by atoms with Gasteiger partial charge in [0.15, 0.2) is 0 Å². The van der Waals surface area contributed by atoms with Gasteiger partial charge in [0.1, 0.15) is 11.5 Å². The highest BCUT2D eigenvalue weighted by Crippen LogP contribution is 2.41. The molecule has 1 saturated heterocycles. The van der Waals surface area contributed by atoms with Crippen LogP contribution in [0, 0.1) is 6.92 Å². The summed E-state index contributed by atoms with van der Waals surface area (Å²) in [4.78, 5) is 27.8. The molecule has 6 nitrogen and oxygen atoms in total. The SMILES string of the molecule is COc1ccc(/C(O)=C2/C(=O)C(=O)N(CCOC(C)C)C2c2cccc(C)c2)cc1C(C)(C)C. The molecule has 6 heteroatoms. The number of rotatable bonds is 7. The zero-order valence-electron chi connectivity index (χ0n) is 21.1. The van der Waals surface area contributed by atoms with Crippen LogP contribution in [0.25, 0.3) is 5.76 Å². The van der Waals surface area contributed by atoms with Gasteiger partial charge < -0.3 is 19.5 Å². The van der Waals surface area contributed by atoms with Crippen LogP contribution in [0.15, 0.2) is 48.0 Å². The third-order valence-corrected chi connectivity index (χ3v) is 5.96. The van der Waals surface area contributed by atoms with Crippen LogP contribution in [0.2, 0.25) is 0 Å². The minimum atomic E-state index is -0.698. The molecular weight excluding hydrogens is 430 g/mol. The number of likely N-dealkylation sites (tertiary alicyclic amines) is 1. The van der Waals surface area contributed by atoms with E-state index in [1.54, 1.807) is 19.2 Å². The number of aliphatic hydroxyl groups is 1. The van der Waals surface area contributed by atoms with E-state index in [1.165, 1.54) is 4.90 Å². The number of carbonyl (C=O) groups excluding carboxylic acids is 2. The van der Waals surface area contributed by atoms with Gasteiger partial charge in [-0.1, -0.05) is 50.6 Å². The average molecular weight is 466 g/mol. The topological polar surface area (TPSA) is 76.1 Å². The van der Waals surface area contributed by atoms with Crippen molar-refractivity contribution >= 4 is 17.4 Å². The summed E-state index contributed by atoms with van der Waals surface area (Å²) in [6.45, 7) is 12.5. The lowest BCUT2D eigenvalue weighted by Crippen LogP contribution is -2.33. The van der Waals surface area contributed by atoms with E-state index in [4.69, 9.17) is 9.47 Å². The first-order chi connectivity index (χ1) is 16.0. The molecule has 1 aliphatic rings. The quantitative estimate of drug-likeness (QED) is 0.348. The molecule has 0 spiro atoms. The number of aryl methyl sites for hydroxylation is 1. The number of carbonyl (C=O) groups is 2. The van der Waals surface area contributed by atoms with Crippen molar-refractivity contribution in [1.29, 1.82) is 0 Å². The van der Waals surface area contributed by atoms with Gasteiger partial charge in [0.25, 0.3) is 11.7 Å². The highest BCUT2D eigenvalue weighted by Gasteiger charge is 2.46. The standard InChI is InChI=1S/C28H35NO5/c1-17(2)34-14-13-29-24(19-10-8-9-18(3)15-19)23(26(31)27(29)32)25(30)20-11-12-22(33-7)21(16-20)28(4,5)6/h8-12,15-17,24,30H,13-14H2,1-7H3/b25-23-. The summed E-state index contributed by atoms with van der Waals surface area (Å²) in [6, 6.07) is 12.3. The smallest absolute Gasteiger partial charge is 0.295 e. The Morgan fingerprint density at radius 3 is 2.41 bits per heavy atom. The molecule has 0 saturated carbocycles. The molecule has 1 aliphatic heterocycles. The van der Waals surface area contributed by atoms with Crippen LogP contribution in [0.1, 0.15) is 62.9 Å². The van der Waals surface area contributed by atoms with Crippen molar-refractivity contribution in [3.8, 4) is 5.75 Å². The van der Waals surface area contributed by atoms with Gasteiger partial charge in [-0.25, -0.2) is 0 Å². The van der Waals surface area contributed by atoms with E-state index >= 15 is 0 Å². The summed E-state index contributed by atoms with van der Waals surface area (Å²) < 4.78 is 11.2. The molecule has 1 atom stereocenters. The lowest BCUT2D eigenvalue weighted by Gasteiger charge is -2.26. The molecule has 0 radical (unpaired) electrons. The van der Waals surface area contributed by atoms with Gasteiger partial charge >= 0.3 is 0 Å². The van der Waals surface area contributed by atoms with Crippen LogP contribution in [0.4, 0.5) is 0 Å². The van der Waals surface area contributed by atoms with Crippen molar-refractivity contribution in [3.63, 3.8) is 0 Å². The molecule has 3 rings (SSSR count). The first-order valence-corrected chi connectivity index (χ1v) is 11.6. The lowest BCUT2D eigenvalue weighted by molar-refractivity contribution is -0.140. The highest BCUT2D eigenvalue weighted by atomic mass is 16.5. The second-order valence-electron chi connectivity index (χ2n) is 9.99. The van der Waals surface area contributed by atoms with Crippen molar-refractivity contribution < 1.29 is 24.2 Å². The third kappa shape index (κ3) is 5.17. The predicted octanol–water partition coefficient (Wildman–Crippen LogP) is 5.15. The zero-order chi connectivity index (χ0) is 25.2. The van der Waals surface area contributed by atoms with Crippen LogP contribution >= 0.6 is 0 Å². The predicted molar refractivity (Wildman–Crippen MR) is 133 cm³/mol. The Hall–Kier alpha value is -3.12. The van der Waals surface area contributed by atoms with Gasteiger partial charge in [-0.15, -0.1) is 0 Å². The summed E-state index contributed by atoms with van der Waals surface area (Å²) in [7, 11) is 1.60. The first-order valence-electron chi connectivity index (χ1n) is 11.6. The summed E-state index contributed by atoms with van der Waals surface area (Å²) in [5.74, 6) is -0.817. The van der Waals surface area contributed by atoms with E-state index in [2.05, 4.69) is 20.8 Å². The van der Waals surface area contributed by atoms with Crippen LogP contribution in [0.3, 0.4) is 0 Å². The fraction of sp³-hybridized carbons (Fsp3) is 0.429.